The third kappa shape index (κ3) is 1.91. The van der Waals surface area contributed by atoms with Crippen molar-refractivity contribution < 1.29 is 4.79 Å². The van der Waals surface area contributed by atoms with Gasteiger partial charge in [-0.15, -0.1) is 11.3 Å². The Labute approximate surface area is 103 Å². The van der Waals surface area contributed by atoms with E-state index in [0.29, 0.717) is 17.3 Å². The number of carbonyl (C=O) groups excluding carboxylic acids is 1. The van der Waals surface area contributed by atoms with Gasteiger partial charge in [-0.3, -0.25) is 9.48 Å². The van der Waals surface area contributed by atoms with Gasteiger partial charge in [-0.1, -0.05) is 0 Å². The van der Waals surface area contributed by atoms with E-state index in [9.17, 15) is 4.79 Å². The summed E-state index contributed by atoms with van der Waals surface area (Å²) in [6.07, 6.45) is 6.97. The lowest BCUT2D eigenvalue weighted by Crippen LogP contribution is -2.07. The minimum absolute atomic E-state index is 0.377. The smallest absolute Gasteiger partial charge is 0.153 e. The summed E-state index contributed by atoms with van der Waals surface area (Å²) in [5.74, 6) is 0.721. The van der Waals surface area contributed by atoms with E-state index in [1.165, 1.54) is 24.2 Å². The Kier molecular flexibility index (Phi) is 2.55. The Morgan fingerprint density at radius 3 is 3.00 bits per heavy atom. The third-order valence-corrected chi connectivity index (χ3v) is 4.02. The number of hydrogen-bond acceptors (Lipinski definition) is 4. The summed E-state index contributed by atoms with van der Waals surface area (Å²) in [6.45, 7) is 2.16. The molecule has 2 heterocycles. The number of aldehydes is 1. The molecule has 0 spiro atoms. The zero-order valence-electron chi connectivity index (χ0n) is 9.54. The van der Waals surface area contributed by atoms with Crippen LogP contribution in [0.2, 0.25) is 0 Å². The molecule has 0 radical (unpaired) electrons. The topological polar surface area (TPSA) is 47.8 Å². The van der Waals surface area contributed by atoms with Gasteiger partial charge in [0.1, 0.15) is 10.7 Å². The summed E-state index contributed by atoms with van der Waals surface area (Å²) in [4.78, 5) is 15.3. The maximum Gasteiger partial charge on any atom is 0.153 e. The van der Waals surface area contributed by atoms with E-state index < -0.39 is 0 Å². The van der Waals surface area contributed by atoms with Gasteiger partial charge in [0.15, 0.2) is 6.29 Å². The molecule has 88 valence electrons. The minimum Gasteiger partial charge on any atom is -0.298 e. The van der Waals surface area contributed by atoms with Crippen LogP contribution in [0.25, 0.3) is 10.7 Å². The number of rotatable bonds is 4. The molecule has 5 heteroatoms. The molecule has 2 aromatic rings. The molecule has 3 rings (SSSR count). The highest BCUT2D eigenvalue weighted by Crippen LogP contribution is 2.39. The van der Waals surface area contributed by atoms with E-state index in [1.54, 1.807) is 6.20 Å². The van der Waals surface area contributed by atoms with Gasteiger partial charge in [0, 0.05) is 17.8 Å². The normalized spacial score (nSPS) is 17.0. The summed E-state index contributed by atoms with van der Waals surface area (Å²) in [5, 5.41) is 7.23. The molecule has 0 N–H and O–H groups in total. The van der Waals surface area contributed by atoms with Crippen LogP contribution in [-0.2, 0) is 0 Å². The molecule has 0 saturated heterocycles. The molecule has 1 aliphatic carbocycles. The van der Waals surface area contributed by atoms with Crippen molar-refractivity contribution in [3.8, 4) is 10.7 Å². The Bertz CT molecular complexity index is 528. The Morgan fingerprint density at radius 2 is 2.41 bits per heavy atom. The second kappa shape index (κ2) is 4.07. The highest BCUT2D eigenvalue weighted by Gasteiger charge is 2.30. The van der Waals surface area contributed by atoms with Crippen molar-refractivity contribution in [2.75, 3.05) is 0 Å². The van der Waals surface area contributed by atoms with Gasteiger partial charge >= 0.3 is 0 Å². The fourth-order valence-electron chi connectivity index (χ4n) is 2.00. The van der Waals surface area contributed by atoms with Crippen molar-refractivity contribution in [3.63, 3.8) is 0 Å². The van der Waals surface area contributed by atoms with Crippen LogP contribution in [0.15, 0.2) is 17.8 Å². The lowest BCUT2D eigenvalue weighted by atomic mass is 10.2. The second-order valence-electron chi connectivity index (χ2n) is 4.45. The Balaban J connectivity index is 2.00. The highest BCUT2D eigenvalue weighted by atomic mass is 32.1. The molecular formula is C12H13N3OS. The van der Waals surface area contributed by atoms with E-state index in [-0.39, 0.29) is 0 Å². The molecule has 0 bridgehead atoms. The number of aromatic nitrogens is 3. The first-order valence-corrected chi connectivity index (χ1v) is 6.61. The van der Waals surface area contributed by atoms with Crippen LogP contribution < -0.4 is 0 Å². The maximum absolute atomic E-state index is 11.1. The number of carbonyl (C=O) groups is 1. The number of nitrogens with zero attached hydrogens (tertiary/aromatic N) is 3. The fourth-order valence-corrected chi connectivity index (χ4v) is 2.64. The molecule has 2 aromatic heterocycles. The molecule has 17 heavy (non-hydrogen) atoms. The number of hydrogen-bond donors (Lipinski definition) is 0. The van der Waals surface area contributed by atoms with E-state index >= 15 is 0 Å². The van der Waals surface area contributed by atoms with Gasteiger partial charge in [-0.25, -0.2) is 4.98 Å². The molecule has 0 amide bonds. The van der Waals surface area contributed by atoms with E-state index in [2.05, 4.69) is 17.0 Å². The maximum atomic E-state index is 11.1. The van der Waals surface area contributed by atoms with Crippen LogP contribution in [0.1, 0.15) is 36.2 Å². The summed E-state index contributed by atoms with van der Waals surface area (Å²) >= 11 is 1.51. The standard InChI is InChI=1S/C12H13N3OS/c1-8(9-2-3-9)15-6-10(7-16)11(14-15)12-13-4-5-17-12/h4-9H,2-3H2,1H3. The van der Waals surface area contributed by atoms with E-state index in [0.717, 1.165) is 17.2 Å². The largest absolute Gasteiger partial charge is 0.298 e. The zero-order chi connectivity index (χ0) is 11.8. The second-order valence-corrected chi connectivity index (χ2v) is 5.34. The molecule has 1 fully saturated rings. The summed E-state index contributed by atoms with van der Waals surface area (Å²) in [5.41, 5.74) is 1.34. The quantitative estimate of drug-likeness (QED) is 0.780. The van der Waals surface area contributed by atoms with Crippen LogP contribution in [0.5, 0.6) is 0 Å². The molecular weight excluding hydrogens is 234 g/mol. The SMILES string of the molecule is CC(C1CC1)n1cc(C=O)c(-c2nccs2)n1. The van der Waals surface area contributed by atoms with Crippen LogP contribution >= 0.6 is 11.3 Å². The first-order chi connectivity index (χ1) is 8.29. The van der Waals surface area contributed by atoms with Crippen molar-refractivity contribution in [1.29, 1.82) is 0 Å². The predicted octanol–water partition coefficient (Wildman–Crippen LogP) is 2.79. The average molecular weight is 247 g/mol. The van der Waals surface area contributed by atoms with Crippen molar-refractivity contribution >= 4 is 17.6 Å². The van der Waals surface area contributed by atoms with Gasteiger partial charge in [-0.2, -0.15) is 5.10 Å². The first kappa shape index (κ1) is 10.7. The van der Waals surface area contributed by atoms with Crippen LogP contribution in [-0.4, -0.2) is 21.1 Å². The molecule has 4 nitrogen and oxygen atoms in total. The lowest BCUT2D eigenvalue weighted by Gasteiger charge is -2.09. The first-order valence-electron chi connectivity index (χ1n) is 5.74. The van der Waals surface area contributed by atoms with Gasteiger partial charge < -0.3 is 0 Å². The van der Waals surface area contributed by atoms with Crippen molar-refractivity contribution in [3.05, 3.63) is 23.3 Å². The van der Waals surface area contributed by atoms with Gasteiger partial charge in [0.25, 0.3) is 0 Å². The van der Waals surface area contributed by atoms with Gasteiger partial charge in [-0.05, 0) is 25.7 Å². The molecule has 1 atom stereocenters. The minimum atomic E-state index is 0.377. The molecule has 0 aliphatic heterocycles. The van der Waals surface area contributed by atoms with Crippen molar-refractivity contribution in [1.82, 2.24) is 14.8 Å². The highest BCUT2D eigenvalue weighted by molar-refractivity contribution is 7.13. The fraction of sp³-hybridized carbons (Fsp3) is 0.417. The third-order valence-electron chi connectivity index (χ3n) is 3.24. The summed E-state index contributed by atoms with van der Waals surface area (Å²) in [6, 6.07) is 0.377. The monoisotopic (exact) mass is 247 g/mol. The molecule has 1 aliphatic rings. The zero-order valence-corrected chi connectivity index (χ0v) is 10.4. The Hall–Kier alpha value is -1.49. The van der Waals surface area contributed by atoms with Crippen molar-refractivity contribution in [2.24, 2.45) is 5.92 Å². The van der Waals surface area contributed by atoms with E-state index in [4.69, 9.17) is 0 Å². The molecule has 0 aromatic carbocycles. The predicted molar refractivity (Wildman–Crippen MR) is 66.2 cm³/mol. The number of thiazole rings is 1. The summed E-state index contributed by atoms with van der Waals surface area (Å²) in [7, 11) is 0. The molecule has 1 saturated carbocycles. The molecule has 1 unspecified atom stereocenters. The Morgan fingerprint density at radius 1 is 1.59 bits per heavy atom. The van der Waals surface area contributed by atoms with Gasteiger partial charge in [0.05, 0.1) is 11.6 Å². The van der Waals surface area contributed by atoms with Crippen LogP contribution in [0, 0.1) is 5.92 Å². The average Bonchev–Trinajstić information content (AvgIpc) is 2.90. The van der Waals surface area contributed by atoms with Crippen molar-refractivity contribution in [2.45, 2.75) is 25.8 Å². The van der Waals surface area contributed by atoms with Gasteiger partial charge in [0.2, 0.25) is 0 Å². The lowest BCUT2D eigenvalue weighted by molar-refractivity contribution is 0.112. The summed E-state index contributed by atoms with van der Waals surface area (Å²) < 4.78 is 1.91. The van der Waals surface area contributed by atoms with Crippen LogP contribution in [0.3, 0.4) is 0 Å². The van der Waals surface area contributed by atoms with E-state index in [1.807, 2.05) is 16.3 Å². The van der Waals surface area contributed by atoms with Crippen LogP contribution in [0.4, 0.5) is 0 Å².